The minimum Gasteiger partial charge on any atom is -0.494 e. The summed E-state index contributed by atoms with van der Waals surface area (Å²) in [6.45, 7) is 0.358. The lowest BCUT2D eigenvalue weighted by atomic mass is 10.0. The van der Waals surface area contributed by atoms with Crippen LogP contribution in [0.5, 0.6) is 5.75 Å². The molecule has 172 valence electrons. The SMILES string of the molecule is COc1cnn(C)c(=O)c1-c1ccc(C[C@H](NC(=O)N(C)Cc2ccccc2)C(=O)O)cc1. The number of aryl methyl sites for hydroxylation is 1. The molecule has 0 saturated heterocycles. The molecule has 2 N–H and O–H groups in total. The van der Waals surface area contributed by atoms with Crippen LogP contribution in [-0.2, 0) is 24.8 Å². The van der Waals surface area contributed by atoms with Crippen LogP contribution in [0.15, 0.2) is 65.6 Å². The normalized spacial score (nSPS) is 11.5. The molecule has 3 rings (SSSR count). The first-order valence-corrected chi connectivity index (χ1v) is 10.3. The van der Waals surface area contributed by atoms with Crippen LogP contribution >= 0.6 is 0 Å². The van der Waals surface area contributed by atoms with Gasteiger partial charge in [0.2, 0.25) is 0 Å². The van der Waals surface area contributed by atoms with Gasteiger partial charge in [0.05, 0.1) is 18.9 Å². The van der Waals surface area contributed by atoms with Gasteiger partial charge in [-0.05, 0) is 16.7 Å². The van der Waals surface area contributed by atoms with E-state index in [1.54, 1.807) is 38.4 Å². The van der Waals surface area contributed by atoms with Crippen molar-refractivity contribution in [1.82, 2.24) is 20.0 Å². The fraction of sp³-hybridized carbons (Fsp3) is 0.250. The summed E-state index contributed by atoms with van der Waals surface area (Å²) >= 11 is 0. The smallest absolute Gasteiger partial charge is 0.326 e. The first kappa shape index (κ1) is 23.5. The van der Waals surface area contributed by atoms with Crippen molar-refractivity contribution >= 4 is 12.0 Å². The molecule has 0 aliphatic carbocycles. The predicted octanol–water partition coefficient (Wildman–Crippen LogP) is 2.29. The van der Waals surface area contributed by atoms with Crippen molar-refractivity contribution in [3.63, 3.8) is 0 Å². The van der Waals surface area contributed by atoms with E-state index in [0.29, 0.717) is 29.0 Å². The lowest BCUT2D eigenvalue weighted by Gasteiger charge is -2.21. The van der Waals surface area contributed by atoms with E-state index >= 15 is 0 Å². The van der Waals surface area contributed by atoms with Crippen molar-refractivity contribution in [2.75, 3.05) is 14.2 Å². The lowest BCUT2D eigenvalue weighted by Crippen LogP contribution is -2.47. The number of amides is 2. The van der Waals surface area contributed by atoms with Crippen molar-refractivity contribution in [3.05, 3.63) is 82.3 Å². The minimum absolute atomic E-state index is 0.0893. The molecule has 0 aliphatic rings. The lowest BCUT2D eigenvalue weighted by molar-refractivity contribution is -0.139. The van der Waals surface area contributed by atoms with Crippen molar-refractivity contribution in [3.8, 4) is 16.9 Å². The molecule has 0 radical (unpaired) electrons. The monoisotopic (exact) mass is 450 g/mol. The number of nitrogens with zero attached hydrogens (tertiary/aromatic N) is 3. The van der Waals surface area contributed by atoms with Gasteiger partial charge in [-0.15, -0.1) is 0 Å². The summed E-state index contributed by atoms with van der Waals surface area (Å²) in [4.78, 5) is 38.2. The molecule has 0 bridgehead atoms. The van der Waals surface area contributed by atoms with E-state index in [-0.39, 0.29) is 12.0 Å². The Hall–Kier alpha value is -4.14. The molecule has 0 saturated carbocycles. The Morgan fingerprint density at radius 1 is 1.12 bits per heavy atom. The molecule has 2 amide bonds. The molecule has 0 unspecified atom stereocenters. The summed E-state index contributed by atoms with van der Waals surface area (Å²) in [5.74, 6) is -0.784. The van der Waals surface area contributed by atoms with E-state index in [9.17, 15) is 19.5 Å². The van der Waals surface area contributed by atoms with Gasteiger partial charge in [0, 0.05) is 27.1 Å². The topological polar surface area (TPSA) is 114 Å². The molecule has 9 heteroatoms. The highest BCUT2D eigenvalue weighted by atomic mass is 16.5. The highest BCUT2D eigenvalue weighted by molar-refractivity contribution is 5.82. The second-order valence-electron chi connectivity index (χ2n) is 7.60. The Balaban J connectivity index is 1.72. The van der Waals surface area contributed by atoms with E-state index < -0.39 is 18.0 Å². The zero-order valence-electron chi connectivity index (χ0n) is 18.7. The highest BCUT2D eigenvalue weighted by Gasteiger charge is 2.22. The van der Waals surface area contributed by atoms with E-state index in [4.69, 9.17) is 4.74 Å². The van der Waals surface area contributed by atoms with E-state index in [2.05, 4.69) is 10.4 Å². The molecule has 0 spiro atoms. The molecule has 1 atom stereocenters. The van der Waals surface area contributed by atoms with Crippen molar-refractivity contribution < 1.29 is 19.4 Å². The van der Waals surface area contributed by atoms with Crippen LogP contribution < -0.4 is 15.6 Å². The molecule has 0 aliphatic heterocycles. The third-order valence-electron chi connectivity index (χ3n) is 5.21. The van der Waals surface area contributed by atoms with Crippen LogP contribution in [0.4, 0.5) is 4.79 Å². The number of benzene rings is 2. The molecule has 1 heterocycles. The Kier molecular flexibility index (Phi) is 7.45. The Bertz CT molecular complexity index is 1180. The Labute approximate surface area is 191 Å². The summed E-state index contributed by atoms with van der Waals surface area (Å²) < 4.78 is 6.48. The second kappa shape index (κ2) is 10.4. The molecule has 1 aromatic heterocycles. The van der Waals surface area contributed by atoms with Gasteiger partial charge >= 0.3 is 12.0 Å². The van der Waals surface area contributed by atoms with Crippen molar-refractivity contribution in [2.24, 2.45) is 7.05 Å². The summed E-state index contributed by atoms with van der Waals surface area (Å²) in [5.41, 5.74) is 2.32. The number of nitrogens with one attached hydrogen (secondary N) is 1. The number of aromatic nitrogens is 2. The predicted molar refractivity (Wildman–Crippen MR) is 123 cm³/mol. The first-order chi connectivity index (χ1) is 15.8. The van der Waals surface area contributed by atoms with Gasteiger partial charge in [0.15, 0.2) is 5.75 Å². The maximum Gasteiger partial charge on any atom is 0.326 e. The highest BCUT2D eigenvalue weighted by Crippen LogP contribution is 2.25. The molecular formula is C24H26N4O5. The van der Waals surface area contributed by atoms with Gasteiger partial charge in [-0.1, -0.05) is 54.6 Å². The number of carbonyl (C=O) groups is 2. The summed E-state index contributed by atoms with van der Waals surface area (Å²) in [6, 6.07) is 14.7. The number of hydrogen-bond donors (Lipinski definition) is 2. The third kappa shape index (κ3) is 5.76. The molecule has 3 aromatic rings. The fourth-order valence-corrected chi connectivity index (χ4v) is 3.38. The number of rotatable bonds is 8. The van der Waals surface area contributed by atoms with E-state index in [1.165, 1.54) is 22.9 Å². The Morgan fingerprint density at radius 2 is 1.79 bits per heavy atom. The van der Waals surface area contributed by atoms with Crippen LogP contribution in [0, 0.1) is 0 Å². The number of urea groups is 1. The van der Waals surface area contributed by atoms with Crippen LogP contribution in [0.3, 0.4) is 0 Å². The molecule has 9 nitrogen and oxygen atoms in total. The first-order valence-electron chi connectivity index (χ1n) is 10.3. The molecule has 33 heavy (non-hydrogen) atoms. The molecule has 2 aromatic carbocycles. The number of hydrogen-bond acceptors (Lipinski definition) is 5. The average Bonchev–Trinajstić information content (AvgIpc) is 2.81. The van der Waals surface area contributed by atoms with Crippen molar-refractivity contribution in [1.29, 1.82) is 0 Å². The van der Waals surface area contributed by atoms with Gasteiger partial charge in [0.25, 0.3) is 5.56 Å². The Morgan fingerprint density at radius 3 is 2.39 bits per heavy atom. The zero-order valence-corrected chi connectivity index (χ0v) is 18.7. The molecule has 0 fully saturated rings. The quantitative estimate of drug-likeness (QED) is 0.544. The average molecular weight is 450 g/mol. The maximum absolute atomic E-state index is 12.5. The number of carbonyl (C=O) groups excluding carboxylic acids is 1. The maximum atomic E-state index is 12.5. The van der Waals surface area contributed by atoms with Gasteiger partial charge in [-0.25, -0.2) is 14.3 Å². The summed E-state index contributed by atoms with van der Waals surface area (Å²) in [5, 5.41) is 16.1. The number of carboxylic acids is 1. The van der Waals surface area contributed by atoms with Crippen LogP contribution in [0.1, 0.15) is 11.1 Å². The van der Waals surface area contributed by atoms with Gasteiger partial charge in [0.1, 0.15) is 6.04 Å². The third-order valence-corrected chi connectivity index (χ3v) is 5.21. The van der Waals surface area contributed by atoms with Crippen LogP contribution in [0.2, 0.25) is 0 Å². The number of ether oxygens (including phenoxy) is 1. The van der Waals surface area contributed by atoms with Gasteiger partial charge in [-0.2, -0.15) is 5.10 Å². The fourth-order valence-electron chi connectivity index (χ4n) is 3.38. The number of carboxylic acid groups (broad SMARTS) is 1. The van der Waals surface area contributed by atoms with Crippen molar-refractivity contribution in [2.45, 2.75) is 19.0 Å². The largest absolute Gasteiger partial charge is 0.494 e. The van der Waals surface area contributed by atoms with Crippen LogP contribution in [0.25, 0.3) is 11.1 Å². The molecular weight excluding hydrogens is 424 g/mol. The summed E-state index contributed by atoms with van der Waals surface area (Å²) in [6.07, 6.45) is 1.55. The number of aliphatic carboxylic acids is 1. The number of methoxy groups -OCH3 is 1. The second-order valence-corrected chi connectivity index (χ2v) is 7.60. The van der Waals surface area contributed by atoms with E-state index in [1.807, 2.05) is 30.3 Å². The minimum atomic E-state index is -1.13. The van der Waals surface area contributed by atoms with Gasteiger partial charge in [-0.3, -0.25) is 4.79 Å². The standard InChI is InChI=1S/C24H26N4O5/c1-27(15-17-7-5-4-6-8-17)24(32)26-19(23(30)31)13-16-9-11-18(12-10-16)21-20(33-3)14-25-28(2)22(21)29/h4-12,14,19H,13,15H2,1-3H3,(H,26,32)(H,30,31)/t19-/m0/s1. The zero-order chi connectivity index (χ0) is 24.0. The summed E-state index contributed by atoms with van der Waals surface area (Å²) in [7, 11) is 4.62. The van der Waals surface area contributed by atoms with Gasteiger partial charge < -0.3 is 20.1 Å². The van der Waals surface area contributed by atoms with Crippen LogP contribution in [-0.4, -0.2) is 52.0 Å². The van der Waals surface area contributed by atoms with E-state index in [0.717, 1.165) is 5.56 Å².